The maximum absolute atomic E-state index is 10.4. The highest BCUT2D eigenvalue weighted by Gasteiger charge is 2.25. The van der Waals surface area contributed by atoms with Gasteiger partial charge in [0.2, 0.25) is 6.04 Å². The number of nitro groups is 1. The van der Waals surface area contributed by atoms with E-state index in [-0.39, 0.29) is 0 Å². The van der Waals surface area contributed by atoms with Crippen LogP contribution in [0.15, 0.2) is 24.3 Å². The van der Waals surface area contributed by atoms with Crippen LogP contribution in [0.1, 0.15) is 18.6 Å². The van der Waals surface area contributed by atoms with Gasteiger partial charge >= 0.3 is 0 Å². The molecule has 0 aromatic heterocycles. The predicted molar refractivity (Wildman–Crippen MR) is 52.9 cm³/mol. The minimum Gasteiger partial charge on any atom is -0.381 e. The lowest BCUT2D eigenvalue weighted by atomic mass is 10.0. The van der Waals surface area contributed by atoms with Crippen molar-refractivity contribution in [3.63, 3.8) is 0 Å². The number of halogens is 1. The summed E-state index contributed by atoms with van der Waals surface area (Å²) in [6.45, 7) is 1.36. The molecule has 0 unspecified atom stereocenters. The Kier molecular flexibility index (Phi) is 3.43. The zero-order chi connectivity index (χ0) is 10.7. The largest absolute Gasteiger partial charge is 0.381 e. The number of benzene rings is 1. The van der Waals surface area contributed by atoms with E-state index in [1.54, 1.807) is 24.3 Å². The third-order valence-electron chi connectivity index (χ3n) is 2.00. The third kappa shape index (κ3) is 2.43. The molecule has 0 heterocycles. The van der Waals surface area contributed by atoms with Gasteiger partial charge in [0.25, 0.3) is 0 Å². The molecule has 2 atom stereocenters. The zero-order valence-corrected chi connectivity index (χ0v) is 8.31. The van der Waals surface area contributed by atoms with Gasteiger partial charge in [0, 0.05) is 16.9 Å². The lowest BCUT2D eigenvalue weighted by molar-refractivity contribution is -0.531. The van der Waals surface area contributed by atoms with Crippen LogP contribution in [0.5, 0.6) is 0 Å². The SMILES string of the molecule is C[C@@H]([C@@H](O)c1ccc(Cl)cc1)[N+](=O)[O-]. The van der Waals surface area contributed by atoms with Gasteiger partial charge < -0.3 is 5.11 Å². The van der Waals surface area contributed by atoms with Crippen LogP contribution in [0, 0.1) is 10.1 Å². The molecule has 76 valence electrons. The molecule has 0 radical (unpaired) electrons. The van der Waals surface area contributed by atoms with Gasteiger partial charge in [-0.3, -0.25) is 10.1 Å². The van der Waals surface area contributed by atoms with Crippen molar-refractivity contribution in [2.24, 2.45) is 0 Å². The highest BCUT2D eigenvalue weighted by Crippen LogP contribution is 2.20. The van der Waals surface area contributed by atoms with E-state index in [4.69, 9.17) is 11.6 Å². The molecule has 0 amide bonds. The van der Waals surface area contributed by atoms with Crippen molar-refractivity contribution in [3.05, 3.63) is 45.0 Å². The Morgan fingerprint density at radius 3 is 2.36 bits per heavy atom. The van der Waals surface area contributed by atoms with Crippen LogP contribution in [0.2, 0.25) is 5.02 Å². The second-order valence-electron chi connectivity index (χ2n) is 3.02. The molecule has 0 fully saturated rings. The molecular weight excluding hydrogens is 206 g/mol. The van der Waals surface area contributed by atoms with Crippen LogP contribution in [0.25, 0.3) is 0 Å². The minimum absolute atomic E-state index is 0.499. The van der Waals surface area contributed by atoms with Crippen molar-refractivity contribution in [2.45, 2.75) is 19.1 Å². The van der Waals surface area contributed by atoms with Gasteiger partial charge in [0.05, 0.1) is 0 Å². The first-order chi connectivity index (χ1) is 6.52. The summed E-state index contributed by atoms with van der Waals surface area (Å²) in [5.41, 5.74) is 0.499. The molecule has 0 spiro atoms. The smallest absolute Gasteiger partial charge is 0.239 e. The summed E-state index contributed by atoms with van der Waals surface area (Å²) < 4.78 is 0. The van der Waals surface area contributed by atoms with Crippen LogP contribution in [-0.4, -0.2) is 16.1 Å². The van der Waals surface area contributed by atoms with Crippen LogP contribution in [0.4, 0.5) is 0 Å². The van der Waals surface area contributed by atoms with Crippen LogP contribution < -0.4 is 0 Å². The normalized spacial score (nSPS) is 14.8. The zero-order valence-electron chi connectivity index (χ0n) is 7.55. The highest BCUT2D eigenvalue weighted by atomic mass is 35.5. The van der Waals surface area contributed by atoms with Crippen molar-refractivity contribution in [1.82, 2.24) is 0 Å². The Balaban J connectivity index is 2.84. The maximum Gasteiger partial charge on any atom is 0.239 e. The van der Waals surface area contributed by atoms with E-state index >= 15 is 0 Å². The highest BCUT2D eigenvalue weighted by molar-refractivity contribution is 6.30. The first-order valence-electron chi connectivity index (χ1n) is 4.09. The van der Waals surface area contributed by atoms with Gasteiger partial charge in [-0.1, -0.05) is 23.7 Å². The molecular formula is C9H10ClNO3. The molecule has 1 aromatic carbocycles. The third-order valence-corrected chi connectivity index (χ3v) is 2.25. The molecule has 5 heteroatoms. The molecule has 0 aliphatic rings. The van der Waals surface area contributed by atoms with Crippen molar-refractivity contribution >= 4 is 11.6 Å². The molecule has 14 heavy (non-hydrogen) atoms. The van der Waals surface area contributed by atoms with E-state index in [1.807, 2.05) is 0 Å². The van der Waals surface area contributed by atoms with Crippen molar-refractivity contribution < 1.29 is 10.0 Å². The van der Waals surface area contributed by atoms with Crippen LogP contribution >= 0.6 is 11.6 Å². The molecule has 0 bridgehead atoms. The molecule has 0 aliphatic heterocycles. The van der Waals surface area contributed by atoms with E-state index in [0.717, 1.165) is 0 Å². The van der Waals surface area contributed by atoms with E-state index in [9.17, 15) is 15.2 Å². The average molecular weight is 216 g/mol. The van der Waals surface area contributed by atoms with Gasteiger partial charge in [-0.2, -0.15) is 0 Å². The quantitative estimate of drug-likeness (QED) is 0.620. The van der Waals surface area contributed by atoms with Gasteiger partial charge in [-0.15, -0.1) is 0 Å². The number of hydrogen-bond donors (Lipinski definition) is 1. The fourth-order valence-electron chi connectivity index (χ4n) is 1.05. The average Bonchev–Trinajstić information content (AvgIpc) is 2.16. The summed E-state index contributed by atoms with van der Waals surface area (Å²) in [4.78, 5) is 9.89. The summed E-state index contributed by atoms with van der Waals surface area (Å²) in [5, 5.41) is 20.5. The fourth-order valence-corrected chi connectivity index (χ4v) is 1.18. The van der Waals surface area contributed by atoms with E-state index in [0.29, 0.717) is 10.6 Å². The van der Waals surface area contributed by atoms with Crippen LogP contribution in [-0.2, 0) is 0 Å². The molecule has 1 rings (SSSR count). The van der Waals surface area contributed by atoms with Crippen molar-refractivity contribution in [2.75, 3.05) is 0 Å². The topological polar surface area (TPSA) is 63.4 Å². The lowest BCUT2D eigenvalue weighted by Crippen LogP contribution is -2.23. The fraction of sp³-hybridized carbons (Fsp3) is 0.333. The van der Waals surface area contributed by atoms with E-state index in [2.05, 4.69) is 0 Å². The monoisotopic (exact) mass is 215 g/mol. The minimum atomic E-state index is -1.10. The Bertz CT molecular complexity index is 325. The second kappa shape index (κ2) is 4.39. The molecule has 0 saturated heterocycles. The summed E-state index contributed by atoms with van der Waals surface area (Å²) in [7, 11) is 0. The molecule has 1 N–H and O–H groups in total. The Labute approximate surface area is 86.3 Å². The van der Waals surface area contributed by atoms with Gasteiger partial charge in [-0.05, 0) is 17.7 Å². The molecule has 1 aromatic rings. The van der Waals surface area contributed by atoms with Crippen molar-refractivity contribution in [1.29, 1.82) is 0 Å². The van der Waals surface area contributed by atoms with Crippen LogP contribution in [0.3, 0.4) is 0 Å². The van der Waals surface area contributed by atoms with Gasteiger partial charge in [0.15, 0.2) is 0 Å². The Morgan fingerprint density at radius 1 is 1.43 bits per heavy atom. The number of nitrogens with zero attached hydrogens (tertiary/aromatic N) is 1. The summed E-state index contributed by atoms with van der Waals surface area (Å²) >= 11 is 5.64. The Morgan fingerprint density at radius 2 is 1.93 bits per heavy atom. The summed E-state index contributed by atoms with van der Waals surface area (Å²) in [6.07, 6.45) is -1.10. The lowest BCUT2D eigenvalue weighted by Gasteiger charge is -2.12. The first kappa shape index (κ1) is 10.9. The second-order valence-corrected chi connectivity index (χ2v) is 3.46. The van der Waals surface area contributed by atoms with Crippen molar-refractivity contribution in [3.8, 4) is 0 Å². The Hall–Kier alpha value is -1.13. The van der Waals surface area contributed by atoms with Gasteiger partial charge in [-0.25, -0.2) is 0 Å². The predicted octanol–water partition coefficient (Wildman–Crippen LogP) is 2.04. The first-order valence-corrected chi connectivity index (χ1v) is 4.47. The molecule has 0 aliphatic carbocycles. The maximum atomic E-state index is 10.4. The number of hydrogen-bond acceptors (Lipinski definition) is 3. The summed E-state index contributed by atoms with van der Waals surface area (Å²) in [6, 6.07) is 5.32. The standard InChI is InChI=1S/C9H10ClNO3/c1-6(11(13)14)9(12)7-2-4-8(10)5-3-7/h2-6,9,12H,1H3/t6-,9+/m0/s1. The molecule has 0 saturated carbocycles. The number of aliphatic hydroxyl groups is 1. The number of rotatable bonds is 3. The summed E-state index contributed by atoms with van der Waals surface area (Å²) in [5.74, 6) is 0. The number of aliphatic hydroxyl groups excluding tert-OH is 1. The molecule has 4 nitrogen and oxygen atoms in total. The van der Waals surface area contributed by atoms with E-state index in [1.165, 1.54) is 6.92 Å². The van der Waals surface area contributed by atoms with Gasteiger partial charge in [0.1, 0.15) is 6.10 Å². The van der Waals surface area contributed by atoms with E-state index < -0.39 is 17.1 Å².